The summed E-state index contributed by atoms with van der Waals surface area (Å²) in [6, 6.07) is 3.36. The Hall–Kier alpha value is -2.44. The Morgan fingerprint density at radius 1 is 1.37 bits per heavy atom. The highest BCUT2D eigenvalue weighted by Crippen LogP contribution is 2.12. The molecule has 0 aliphatic rings. The molecule has 0 atom stereocenters. The smallest absolute Gasteiger partial charge is 0.273 e. The van der Waals surface area contributed by atoms with Crippen LogP contribution < -0.4 is 5.32 Å². The van der Waals surface area contributed by atoms with Crippen LogP contribution in [0.5, 0.6) is 0 Å². The van der Waals surface area contributed by atoms with Crippen molar-refractivity contribution in [3.05, 3.63) is 30.2 Å². The third kappa shape index (κ3) is 3.06. The summed E-state index contributed by atoms with van der Waals surface area (Å²) in [5.74, 6) is 0.406. The maximum Gasteiger partial charge on any atom is 0.273 e. The minimum atomic E-state index is -0.169. The van der Waals surface area contributed by atoms with Gasteiger partial charge in [-0.25, -0.2) is 0 Å². The number of anilines is 2. The van der Waals surface area contributed by atoms with Crippen molar-refractivity contribution in [2.75, 3.05) is 19.4 Å². The number of nitrogens with zero attached hydrogens (tertiary/aromatic N) is 5. The normalized spacial score (nSPS) is 10.3. The van der Waals surface area contributed by atoms with Crippen LogP contribution in [0.2, 0.25) is 0 Å². The van der Waals surface area contributed by atoms with E-state index in [1.807, 2.05) is 13.1 Å². The second kappa shape index (κ2) is 5.47. The first kappa shape index (κ1) is 13.0. The lowest BCUT2D eigenvalue weighted by Gasteiger charge is -2.09. The summed E-state index contributed by atoms with van der Waals surface area (Å²) in [6.07, 6.45) is 3.59. The van der Waals surface area contributed by atoms with Crippen LogP contribution in [0.1, 0.15) is 17.4 Å². The lowest BCUT2D eigenvalue weighted by Crippen LogP contribution is -2.23. The molecule has 0 aliphatic heterocycles. The highest BCUT2D eigenvalue weighted by atomic mass is 16.2. The van der Waals surface area contributed by atoms with Crippen molar-refractivity contribution >= 4 is 17.4 Å². The second-order valence-corrected chi connectivity index (χ2v) is 4.21. The maximum atomic E-state index is 11.6. The molecule has 0 saturated heterocycles. The SMILES string of the molecule is CCn1cc(Nc2ccc(C(=O)N(C)C)nn2)cn1. The van der Waals surface area contributed by atoms with Gasteiger partial charge < -0.3 is 10.2 Å². The molecular formula is C12H16N6O. The monoisotopic (exact) mass is 260 g/mol. The van der Waals surface area contributed by atoms with Gasteiger partial charge in [0.1, 0.15) is 0 Å². The molecule has 0 bridgehead atoms. The van der Waals surface area contributed by atoms with E-state index in [2.05, 4.69) is 20.6 Å². The summed E-state index contributed by atoms with van der Waals surface area (Å²) in [5, 5.41) is 15.1. The molecule has 0 fully saturated rings. The number of aromatic nitrogens is 4. The van der Waals surface area contributed by atoms with Gasteiger partial charge in [-0.1, -0.05) is 0 Å². The van der Waals surface area contributed by atoms with Gasteiger partial charge in [0.05, 0.1) is 11.9 Å². The Kier molecular flexibility index (Phi) is 3.74. The predicted octanol–water partition coefficient (Wildman–Crippen LogP) is 1.14. The van der Waals surface area contributed by atoms with E-state index in [4.69, 9.17) is 0 Å². The molecule has 2 heterocycles. The number of nitrogens with one attached hydrogen (secondary N) is 1. The molecule has 7 heteroatoms. The van der Waals surface area contributed by atoms with E-state index in [1.165, 1.54) is 4.90 Å². The molecule has 19 heavy (non-hydrogen) atoms. The van der Waals surface area contributed by atoms with Gasteiger partial charge in [0.15, 0.2) is 11.5 Å². The number of hydrogen-bond donors (Lipinski definition) is 1. The van der Waals surface area contributed by atoms with E-state index >= 15 is 0 Å². The molecule has 2 aromatic heterocycles. The lowest BCUT2D eigenvalue weighted by atomic mass is 10.3. The summed E-state index contributed by atoms with van der Waals surface area (Å²) >= 11 is 0. The van der Waals surface area contributed by atoms with Gasteiger partial charge in [0.2, 0.25) is 0 Å². The molecule has 0 spiro atoms. The predicted molar refractivity (Wildman–Crippen MR) is 71.2 cm³/mol. The number of aryl methyl sites for hydroxylation is 1. The van der Waals surface area contributed by atoms with Crippen molar-refractivity contribution in [1.29, 1.82) is 0 Å². The fourth-order valence-corrected chi connectivity index (χ4v) is 1.49. The Labute approximate surface area is 111 Å². The fraction of sp³-hybridized carbons (Fsp3) is 0.333. The van der Waals surface area contributed by atoms with Crippen LogP contribution in [-0.4, -0.2) is 44.9 Å². The van der Waals surface area contributed by atoms with Crippen LogP contribution in [-0.2, 0) is 6.54 Å². The maximum absolute atomic E-state index is 11.6. The molecule has 1 amide bonds. The minimum absolute atomic E-state index is 0.169. The first-order valence-corrected chi connectivity index (χ1v) is 5.95. The number of hydrogen-bond acceptors (Lipinski definition) is 5. The molecule has 0 aromatic carbocycles. The molecule has 0 saturated carbocycles. The van der Waals surface area contributed by atoms with Gasteiger partial charge in [-0.15, -0.1) is 10.2 Å². The van der Waals surface area contributed by atoms with Crippen molar-refractivity contribution < 1.29 is 4.79 Å². The number of carbonyl (C=O) groups excluding carboxylic acids is 1. The molecule has 100 valence electrons. The first-order chi connectivity index (χ1) is 9.10. The highest BCUT2D eigenvalue weighted by Gasteiger charge is 2.10. The van der Waals surface area contributed by atoms with E-state index in [-0.39, 0.29) is 5.91 Å². The summed E-state index contributed by atoms with van der Waals surface area (Å²) in [6.45, 7) is 2.82. The van der Waals surface area contributed by atoms with Gasteiger partial charge >= 0.3 is 0 Å². The van der Waals surface area contributed by atoms with Gasteiger partial charge in [-0.05, 0) is 19.1 Å². The Bertz CT molecular complexity index is 560. The molecule has 1 N–H and O–H groups in total. The van der Waals surface area contributed by atoms with Gasteiger partial charge in [0, 0.05) is 26.8 Å². The number of rotatable bonds is 4. The Morgan fingerprint density at radius 3 is 2.68 bits per heavy atom. The molecule has 0 unspecified atom stereocenters. The van der Waals surface area contributed by atoms with Crippen molar-refractivity contribution in [2.24, 2.45) is 0 Å². The molecule has 0 radical (unpaired) electrons. The standard InChI is InChI=1S/C12H16N6O/c1-4-18-8-9(7-13-18)14-11-6-5-10(15-16-11)12(19)17(2)3/h5-8H,4H2,1-3H3,(H,14,16). The second-order valence-electron chi connectivity index (χ2n) is 4.21. The lowest BCUT2D eigenvalue weighted by molar-refractivity contribution is 0.0821. The van der Waals surface area contributed by atoms with Crippen molar-refractivity contribution in [3.63, 3.8) is 0 Å². The third-order valence-electron chi connectivity index (χ3n) is 2.52. The van der Waals surface area contributed by atoms with Crippen LogP contribution >= 0.6 is 0 Å². The van der Waals surface area contributed by atoms with Crippen LogP contribution in [0.3, 0.4) is 0 Å². The highest BCUT2D eigenvalue weighted by molar-refractivity contribution is 5.91. The van der Waals surface area contributed by atoms with Crippen LogP contribution in [0.25, 0.3) is 0 Å². The van der Waals surface area contributed by atoms with Crippen LogP contribution in [0, 0.1) is 0 Å². The van der Waals surface area contributed by atoms with Crippen molar-refractivity contribution in [1.82, 2.24) is 24.9 Å². The van der Waals surface area contributed by atoms with Gasteiger partial charge in [-0.2, -0.15) is 5.10 Å². The molecule has 2 aromatic rings. The quantitative estimate of drug-likeness (QED) is 0.892. The average molecular weight is 260 g/mol. The van der Waals surface area contributed by atoms with Crippen molar-refractivity contribution in [2.45, 2.75) is 13.5 Å². The molecular weight excluding hydrogens is 244 g/mol. The molecule has 7 nitrogen and oxygen atoms in total. The minimum Gasteiger partial charge on any atom is -0.343 e. The van der Waals surface area contributed by atoms with Crippen LogP contribution in [0.15, 0.2) is 24.5 Å². The fourth-order valence-electron chi connectivity index (χ4n) is 1.49. The summed E-state index contributed by atoms with van der Waals surface area (Å²) < 4.78 is 1.81. The van der Waals surface area contributed by atoms with Crippen LogP contribution in [0.4, 0.5) is 11.5 Å². The molecule has 2 rings (SSSR count). The van der Waals surface area contributed by atoms with Gasteiger partial charge in [0.25, 0.3) is 5.91 Å². The van der Waals surface area contributed by atoms with E-state index < -0.39 is 0 Å². The van der Waals surface area contributed by atoms with Crippen molar-refractivity contribution in [3.8, 4) is 0 Å². The zero-order chi connectivity index (χ0) is 13.8. The van der Waals surface area contributed by atoms with E-state index in [0.717, 1.165) is 12.2 Å². The topological polar surface area (TPSA) is 75.9 Å². The Balaban J connectivity index is 2.08. The summed E-state index contributed by atoms with van der Waals surface area (Å²) in [7, 11) is 3.35. The zero-order valence-electron chi connectivity index (χ0n) is 11.2. The number of carbonyl (C=O) groups is 1. The largest absolute Gasteiger partial charge is 0.343 e. The first-order valence-electron chi connectivity index (χ1n) is 5.95. The zero-order valence-corrected chi connectivity index (χ0v) is 11.2. The average Bonchev–Trinajstić information content (AvgIpc) is 2.86. The molecule has 0 aliphatic carbocycles. The Morgan fingerprint density at radius 2 is 2.16 bits per heavy atom. The van der Waals surface area contributed by atoms with E-state index in [9.17, 15) is 4.79 Å². The third-order valence-corrected chi connectivity index (χ3v) is 2.52. The summed E-state index contributed by atoms with van der Waals surface area (Å²) in [4.78, 5) is 13.1. The van der Waals surface area contributed by atoms with Gasteiger partial charge in [-0.3, -0.25) is 9.48 Å². The number of amides is 1. The van der Waals surface area contributed by atoms with E-state index in [0.29, 0.717) is 11.5 Å². The van der Waals surface area contributed by atoms with E-state index in [1.54, 1.807) is 37.1 Å². The summed E-state index contributed by atoms with van der Waals surface area (Å²) in [5.41, 5.74) is 1.16.